The third-order valence-electron chi connectivity index (χ3n) is 3.25. The summed E-state index contributed by atoms with van der Waals surface area (Å²) in [5, 5.41) is 9.26. The smallest absolute Gasteiger partial charge is 0.191 e. The first-order chi connectivity index (χ1) is 11.2. The summed E-state index contributed by atoms with van der Waals surface area (Å²) in [5.41, 5.74) is 1.02. The van der Waals surface area contributed by atoms with Crippen molar-refractivity contribution >= 4 is 40.5 Å². The summed E-state index contributed by atoms with van der Waals surface area (Å²) >= 11 is 8.58. The summed E-state index contributed by atoms with van der Waals surface area (Å²) in [6, 6.07) is 13.4. The van der Waals surface area contributed by atoms with Gasteiger partial charge in [0.15, 0.2) is 16.8 Å². The van der Waals surface area contributed by atoms with Crippen molar-refractivity contribution < 1.29 is 4.79 Å². The lowest BCUT2D eigenvalue weighted by Crippen LogP contribution is -2.03. The fraction of sp³-hybridized carbons (Fsp3) is 0.188. The van der Waals surface area contributed by atoms with Crippen molar-refractivity contribution in [1.82, 2.24) is 14.8 Å². The van der Waals surface area contributed by atoms with Gasteiger partial charge in [-0.3, -0.25) is 4.79 Å². The van der Waals surface area contributed by atoms with Crippen LogP contribution >= 0.6 is 34.7 Å². The molecule has 0 radical (unpaired) electrons. The molecule has 0 bridgehead atoms. The summed E-state index contributed by atoms with van der Waals surface area (Å²) in [6.45, 7) is 2.79. The highest BCUT2D eigenvalue weighted by Gasteiger charge is 2.15. The van der Waals surface area contributed by atoms with Gasteiger partial charge in [0.1, 0.15) is 0 Å². The monoisotopic (exact) mass is 363 g/mol. The summed E-state index contributed by atoms with van der Waals surface area (Å²) < 4.78 is 2.65. The molecule has 2 aromatic heterocycles. The number of aromatic nitrogens is 3. The van der Waals surface area contributed by atoms with Crippen molar-refractivity contribution in [3.8, 4) is 11.4 Å². The quantitative estimate of drug-likeness (QED) is 0.472. The predicted octanol–water partition coefficient (Wildman–Crippen LogP) is 4.65. The molecule has 0 saturated carbocycles. The van der Waals surface area contributed by atoms with Gasteiger partial charge in [-0.2, -0.15) is 0 Å². The molecular weight excluding hydrogens is 350 g/mol. The molecule has 0 N–H and O–H groups in total. The Labute approximate surface area is 147 Å². The van der Waals surface area contributed by atoms with E-state index >= 15 is 0 Å². The number of halogens is 1. The molecule has 4 nitrogen and oxygen atoms in total. The fourth-order valence-corrected chi connectivity index (χ4v) is 4.10. The Hall–Kier alpha value is -1.63. The average Bonchev–Trinajstić information content (AvgIpc) is 3.19. The molecule has 0 amide bonds. The zero-order valence-electron chi connectivity index (χ0n) is 12.4. The van der Waals surface area contributed by atoms with Crippen LogP contribution in [0.15, 0.2) is 47.6 Å². The Morgan fingerprint density at radius 1 is 1.22 bits per heavy atom. The Kier molecular flexibility index (Phi) is 5.15. The van der Waals surface area contributed by atoms with Crippen molar-refractivity contribution in [3.05, 3.63) is 51.7 Å². The maximum Gasteiger partial charge on any atom is 0.191 e. The number of thiophene rings is 1. The van der Waals surface area contributed by atoms with Crippen molar-refractivity contribution in [3.63, 3.8) is 0 Å². The summed E-state index contributed by atoms with van der Waals surface area (Å²) in [7, 11) is 0. The summed E-state index contributed by atoms with van der Waals surface area (Å²) in [6.07, 6.45) is 0. The molecule has 0 fully saturated rings. The van der Waals surface area contributed by atoms with E-state index in [1.165, 1.54) is 23.1 Å². The minimum absolute atomic E-state index is 0.0545. The minimum atomic E-state index is 0.0545. The van der Waals surface area contributed by atoms with E-state index < -0.39 is 0 Å². The summed E-state index contributed by atoms with van der Waals surface area (Å²) in [5.74, 6) is 1.20. The van der Waals surface area contributed by atoms with Crippen LogP contribution in [0.1, 0.15) is 16.6 Å². The van der Waals surface area contributed by atoms with Gasteiger partial charge in [0.25, 0.3) is 0 Å². The van der Waals surface area contributed by atoms with E-state index in [9.17, 15) is 4.79 Å². The number of hydrogen-bond acceptors (Lipinski definition) is 5. The lowest BCUT2D eigenvalue weighted by Gasteiger charge is -2.06. The van der Waals surface area contributed by atoms with Crippen LogP contribution in [0.5, 0.6) is 0 Å². The average molecular weight is 364 g/mol. The number of carbonyl (C=O) groups excluding carboxylic acids is 1. The van der Waals surface area contributed by atoms with Gasteiger partial charge < -0.3 is 4.57 Å². The Balaban J connectivity index is 1.76. The second kappa shape index (κ2) is 7.29. The van der Waals surface area contributed by atoms with Crippen LogP contribution in [0.25, 0.3) is 11.4 Å². The van der Waals surface area contributed by atoms with Gasteiger partial charge >= 0.3 is 0 Å². The van der Waals surface area contributed by atoms with Gasteiger partial charge in [0, 0.05) is 12.1 Å². The van der Waals surface area contributed by atoms with E-state index in [4.69, 9.17) is 11.6 Å². The number of thioether (sulfide) groups is 1. The number of rotatable bonds is 6. The molecule has 1 aromatic carbocycles. The lowest BCUT2D eigenvalue weighted by molar-refractivity contribution is 0.102. The standard InChI is InChI=1S/C16H14ClN3OS2/c1-2-20-15(11-6-4-3-5-7-11)18-19-16(20)22-10-12(21)13-8-9-14(17)23-13/h3-9H,2,10H2,1H3. The molecule has 0 aliphatic carbocycles. The molecule has 0 aliphatic rings. The number of carbonyl (C=O) groups is 1. The highest BCUT2D eigenvalue weighted by Crippen LogP contribution is 2.26. The number of ketones is 1. The van der Waals surface area contributed by atoms with Gasteiger partial charge in [-0.1, -0.05) is 53.7 Å². The molecule has 0 saturated heterocycles. The van der Waals surface area contributed by atoms with Gasteiger partial charge in [-0.15, -0.1) is 21.5 Å². The van der Waals surface area contributed by atoms with Crippen LogP contribution in [0.3, 0.4) is 0 Å². The first-order valence-electron chi connectivity index (χ1n) is 7.09. The third-order valence-corrected chi connectivity index (χ3v) is 5.48. The second-order valence-electron chi connectivity index (χ2n) is 4.73. The van der Waals surface area contributed by atoms with Crippen LogP contribution in [0.4, 0.5) is 0 Å². The highest BCUT2D eigenvalue weighted by molar-refractivity contribution is 7.99. The van der Waals surface area contributed by atoms with Crippen molar-refractivity contribution in [2.24, 2.45) is 0 Å². The molecule has 23 heavy (non-hydrogen) atoms. The number of benzene rings is 1. The van der Waals surface area contributed by atoms with Crippen LogP contribution < -0.4 is 0 Å². The molecule has 3 rings (SSSR count). The van der Waals surface area contributed by atoms with E-state index in [0.717, 1.165) is 23.1 Å². The lowest BCUT2D eigenvalue weighted by atomic mass is 10.2. The zero-order chi connectivity index (χ0) is 16.2. The maximum absolute atomic E-state index is 12.2. The third kappa shape index (κ3) is 3.65. The van der Waals surface area contributed by atoms with Crippen LogP contribution in [-0.4, -0.2) is 26.3 Å². The number of hydrogen-bond donors (Lipinski definition) is 0. The SMILES string of the molecule is CCn1c(SCC(=O)c2ccc(Cl)s2)nnc1-c1ccccc1. The van der Waals surface area contributed by atoms with Crippen molar-refractivity contribution in [2.75, 3.05) is 5.75 Å². The molecule has 0 aliphatic heterocycles. The molecular formula is C16H14ClN3OS2. The van der Waals surface area contributed by atoms with E-state index in [1.54, 1.807) is 12.1 Å². The first kappa shape index (κ1) is 16.2. The number of nitrogens with zero attached hydrogens (tertiary/aromatic N) is 3. The molecule has 0 atom stereocenters. The summed E-state index contributed by atoms with van der Waals surface area (Å²) in [4.78, 5) is 12.9. The van der Waals surface area contributed by atoms with Gasteiger partial charge in [-0.25, -0.2) is 0 Å². The second-order valence-corrected chi connectivity index (χ2v) is 7.39. The van der Waals surface area contributed by atoms with Gasteiger partial charge in [0.2, 0.25) is 0 Å². The normalized spacial score (nSPS) is 10.9. The zero-order valence-corrected chi connectivity index (χ0v) is 14.8. The van der Waals surface area contributed by atoms with Crippen LogP contribution in [-0.2, 0) is 6.54 Å². The fourth-order valence-electron chi connectivity index (χ4n) is 2.15. The topological polar surface area (TPSA) is 47.8 Å². The largest absolute Gasteiger partial charge is 0.302 e. The molecule has 0 spiro atoms. The Morgan fingerprint density at radius 2 is 2.00 bits per heavy atom. The van der Waals surface area contributed by atoms with E-state index in [0.29, 0.717) is 15.0 Å². The molecule has 3 aromatic rings. The minimum Gasteiger partial charge on any atom is -0.302 e. The van der Waals surface area contributed by atoms with Crippen molar-refractivity contribution in [1.29, 1.82) is 0 Å². The van der Waals surface area contributed by atoms with Crippen LogP contribution in [0, 0.1) is 0 Å². The molecule has 118 valence electrons. The Morgan fingerprint density at radius 3 is 2.65 bits per heavy atom. The molecule has 2 heterocycles. The predicted molar refractivity (Wildman–Crippen MR) is 95.5 cm³/mol. The molecule has 0 unspecified atom stereocenters. The van der Waals surface area contributed by atoms with Gasteiger partial charge in [0.05, 0.1) is 15.0 Å². The Bertz CT molecular complexity index is 814. The van der Waals surface area contributed by atoms with E-state index in [-0.39, 0.29) is 5.78 Å². The molecule has 7 heteroatoms. The van der Waals surface area contributed by atoms with E-state index in [1.807, 2.05) is 41.8 Å². The number of Topliss-reactive ketones (excluding diaryl/α,β-unsaturated/α-hetero) is 1. The maximum atomic E-state index is 12.2. The highest BCUT2D eigenvalue weighted by atomic mass is 35.5. The van der Waals surface area contributed by atoms with Gasteiger partial charge in [-0.05, 0) is 19.1 Å². The van der Waals surface area contributed by atoms with E-state index in [2.05, 4.69) is 10.2 Å². The van der Waals surface area contributed by atoms with Crippen LogP contribution in [0.2, 0.25) is 4.34 Å². The first-order valence-corrected chi connectivity index (χ1v) is 9.27. The van der Waals surface area contributed by atoms with Crippen molar-refractivity contribution in [2.45, 2.75) is 18.6 Å².